The van der Waals surface area contributed by atoms with Gasteiger partial charge in [-0.1, -0.05) is 25.1 Å². The van der Waals surface area contributed by atoms with Gasteiger partial charge in [-0.3, -0.25) is 9.67 Å². The van der Waals surface area contributed by atoms with Crippen LogP contribution in [0.2, 0.25) is 0 Å². The summed E-state index contributed by atoms with van der Waals surface area (Å²) in [6.45, 7) is 3.00. The minimum Gasteiger partial charge on any atom is -0.324 e. The molecule has 3 aromatic rings. The SMILES string of the molecule is CCCn1ncnc1CC(N)c1cccc2ncccc12. The van der Waals surface area contributed by atoms with Gasteiger partial charge in [0.2, 0.25) is 0 Å². The van der Waals surface area contributed by atoms with Gasteiger partial charge in [-0.2, -0.15) is 5.10 Å². The highest BCUT2D eigenvalue weighted by molar-refractivity contribution is 5.82. The van der Waals surface area contributed by atoms with Gasteiger partial charge in [0.25, 0.3) is 0 Å². The highest BCUT2D eigenvalue weighted by atomic mass is 15.3. The van der Waals surface area contributed by atoms with Crippen LogP contribution in [0.1, 0.15) is 30.8 Å². The smallest absolute Gasteiger partial charge is 0.138 e. The van der Waals surface area contributed by atoms with Crippen molar-refractivity contribution in [3.05, 3.63) is 54.2 Å². The first-order chi connectivity index (χ1) is 10.3. The Morgan fingerprint density at radius 1 is 1.19 bits per heavy atom. The van der Waals surface area contributed by atoms with Gasteiger partial charge in [0.1, 0.15) is 12.2 Å². The van der Waals surface area contributed by atoms with Crippen LogP contribution in [0, 0.1) is 0 Å². The van der Waals surface area contributed by atoms with E-state index in [2.05, 4.69) is 34.1 Å². The maximum Gasteiger partial charge on any atom is 0.138 e. The second kappa shape index (κ2) is 6.01. The Bertz CT molecular complexity index is 729. The van der Waals surface area contributed by atoms with Crippen molar-refractivity contribution in [2.45, 2.75) is 32.4 Å². The van der Waals surface area contributed by atoms with Crippen LogP contribution in [0.3, 0.4) is 0 Å². The van der Waals surface area contributed by atoms with Crippen molar-refractivity contribution in [2.24, 2.45) is 5.73 Å². The second-order valence-electron chi connectivity index (χ2n) is 5.13. The van der Waals surface area contributed by atoms with E-state index in [1.165, 1.54) is 0 Å². The molecule has 0 aliphatic heterocycles. The molecule has 1 atom stereocenters. The lowest BCUT2D eigenvalue weighted by atomic mass is 9.99. The summed E-state index contributed by atoms with van der Waals surface area (Å²) in [5.74, 6) is 0.935. The fourth-order valence-electron chi connectivity index (χ4n) is 2.60. The quantitative estimate of drug-likeness (QED) is 0.780. The summed E-state index contributed by atoms with van der Waals surface area (Å²) >= 11 is 0. The van der Waals surface area contributed by atoms with Crippen molar-refractivity contribution in [1.29, 1.82) is 0 Å². The Kier molecular flexibility index (Phi) is 3.92. The monoisotopic (exact) mass is 281 g/mol. The molecular weight excluding hydrogens is 262 g/mol. The van der Waals surface area contributed by atoms with E-state index in [-0.39, 0.29) is 6.04 Å². The third-order valence-electron chi connectivity index (χ3n) is 3.61. The molecule has 1 unspecified atom stereocenters. The van der Waals surface area contributed by atoms with Gasteiger partial charge in [-0.15, -0.1) is 0 Å². The standard InChI is InChI=1S/C16H19N5/c1-2-9-21-16(19-11-20-21)10-14(17)12-5-3-7-15-13(12)6-4-8-18-15/h3-8,11,14H,2,9-10,17H2,1H3. The zero-order chi connectivity index (χ0) is 14.7. The Labute approximate surface area is 123 Å². The molecule has 1 aromatic carbocycles. The Balaban J connectivity index is 1.90. The van der Waals surface area contributed by atoms with Gasteiger partial charge in [0, 0.05) is 30.6 Å². The van der Waals surface area contributed by atoms with Gasteiger partial charge in [-0.05, 0) is 24.1 Å². The van der Waals surface area contributed by atoms with Crippen LogP contribution in [-0.2, 0) is 13.0 Å². The van der Waals surface area contributed by atoms with Crippen LogP contribution < -0.4 is 5.73 Å². The molecule has 0 aliphatic rings. The minimum absolute atomic E-state index is 0.113. The molecule has 2 aromatic heterocycles. The third kappa shape index (κ3) is 2.78. The first kappa shape index (κ1) is 13.7. The Morgan fingerprint density at radius 3 is 2.95 bits per heavy atom. The zero-order valence-electron chi connectivity index (χ0n) is 12.1. The van der Waals surface area contributed by atoms with Crippen molar-refractivity contribution in [3.8, 4) is 0 Å². The Hall–Kier alpha value is -2.27. The molecule has 108 valence electrons. The summed E-state index contributed by atoms with van der Waals surface area (Å²) in [6.07, 6.45) is 5.11. The van der Waals surface area contributed by atoms with Crippen molar-refractivity contribution in [2.75, 3.05) is 0 Å². The highest BCUT2D eigenvalue weighted by Crippen LogP contribution is 2.23. The van der Waals surface area contributed by atoms with Crippen LogP contribution in [0.4, 0.5) is 0 Å². The number of hydrogen-bond donors (Lipinski definition) is 1. The van der Waals surface area contributed by atoms with Crippen LogP contribution in [0.5, 0.6) is 0 Å². The van der Waals surface area contributed by atoms with E-state index in [0.717, 1.165) is 35.3 Å². The molecule has 0 saturated heterocycles. The van der Waals surface area contributed by atoms with Crippen molar-refractivity contribution in [3.63, 3.8) is 0 Å². The Morgan fingerprint density at radius 2 is 2.10 bits per heavy atom. The fourth-order valence-corrected chi connectivity index (χ4v) is 2.60. The van der Waals surface area contributed by atoms with Gasteiger partial charge in [-0.25, -0.2) is 4.98 Å². The molecule has 5 nitrogen and oxygen atoms in total. The zero-order valence-corrected chi connectivity index (χ0v) is 12.1. The number of nitrogens with zero attached hydrogens (tertiary/aromatic N) is 4. The largest absolute Gasteiger partial charge is 0.324 e. The van der Waals surface area contributed by atoms with E-state index < -0.39 is 0 Å². The lowest BCUT2D eigenvalue weighted by molar-refractivity contribution is 0.549. The van der Waals surface area contributed by atoms with Gasteiger partial charge in [0.15, 0.2) is 0 Å². The van der Waals surface area contributed by atoms with Gasteiger partial charge in [0.05, 0.1) is 5.52 Å². The average molecular weight is 281 g/mol. The molecular formula is C16H19N5. The van der Waals surface area contributed by atoms with Gasteiger partial charge < -0.3 is 5.73 Å². The molecule has 0 spiro atoms. The number of pyridine rings is 1. The van der Waals surface area contributed by atoms with Crippen LogP contribution >= 0.6 is 0 Å². The lowest BCUT2D eigenvalue weighted by Crippen LogP contribution is -2.17. The summed E-state index contributed by atoms with van der Waals surface area (Å²) in [4.78, 5) is 8.72. The molecule has 21 heavy (non-hydrogen) atoms. The average Bonchev–Trinajstić information content (AvgIpc) is 2.94. The van der Waals surface area contributed by atoms with Crippen LogP contribution in [0.25, 0.3) is 10.9 Å². The number of benzene rings is 1. The van der Waals surface area contributed by atoms with E-state index in [0.29, 0.717) is 6.42 Å². The van der Waals surface area contributed by atoms with E-state index in [1.807, 2.05) is 22.9 Å². The number of aromatic nitrogens is 4. The predicted molar refractivity (Wildman–Crippen MR) is 82.7 cm³/mol. The summed E-state index contributed by atoms with van der Waals surface area (Å²) in [5, 5.41) is 5.36. The number of rotatable bonds is 5. The molecule has 0 fully saturated rings. The lowest BCUT2D eigenvalue weighted by Gasteiger charge is -2.14. The number of aryl methyl sites for hydroxylation is 1. The second-order valence-corrected chi connectivity index (χ2v) is 5.13. The summed E-state index contributed by atoms with van der Waals surface area (Å²) in [7, 11) is 0. The molecule has 2 heterocycles. The van der Waals surface area contributed by atoms with E-state index in [4.69, 9.17) is 5.73 Å². The van der Waals surface area contributed by atoms with Crippen molar-refractivity contribution >= 4 is 10.9 Å². The fraction of sp³-hybridized carbons (Fsp3) is 0.312. The first-order valence-corrected chi connectivity index (χ1v) is 7.25. The maximum atomic E-state index is 6.41. The first-order valence-electron chi connectivity index (χ1n) is 7.25. The van der Waals surface area contributed by atoms with E-state index in [9.17, 15) is 0 Å². The van der Waals surface area contributed by atoms with Crippen molar-refractivity contribution in [1.82, 2.24) is 19.7 Å². The topological polar surface area (TPSA) is 69.6 Å². The summed E-state index contributed by atoms with van der Waals surface area (Å²) in [5.41, 5.74) is 8.48. The molecule has 0 saturated carbocycles. The minimum atomic E-state index is -0.113. The van der Waals surface area contributed by atoms with Crippen LogP contribution in [-0.4, -0.2) is 19.7 Å². The summed E-state index contributed by atoms with van der Waals surface area (Å²) < 4.78 is 1.93. The number of nitrogens with two attached hydrogens (primary N) is 1. The highest BCUT2D eigenvalue weighted by Gasteiger charge is 2.14. The normalized spacial score (nSPS) is 12.7. The van der Waals surface area contributed by atoms with Crippen LogP contribution in [0.15, 0.2) is 42.9 Å². The van der Waals surface area contributed by atoms with Gasteiger partial charge >= 0.3 is 0 Å². The molecule has 0 radical (unpaired) electrons. The molecule has 2 N–H and O–H groups in total. The molecule has 5 heteroatoms. The predicted octanol–water partition coefficient (Wildman–Crippen LogP) is 2.48. The van der Waals surface area contributed by atoms with E-state index >= 15 is 0 Å². The van der Waals surface area contributed by atoms with E-state index in [1.54, 1.807) is 12.5 Å². The third-order valence-corrected chi connectivity index (χ3v) is 3.61. The summed E-state index contributed by atoms with van der Waals surface area (Å²) in [6, 6.07) is 9.96. The molecule has 0 amide bonds. The number of fused-ring (bicyclic) bond motifs is 1. The van der Waals surface area contributed by atoms with Crippen molar-refractivity contribution < 1.29 is 0 Å². The number of hydrogen-bond acceptors (Lipinski definition) is 4. The molecule has 0 aliphatic carbocycles. The maximum absolute atomic E-state index is 6.41. The molecule has 0 bridgehead atoms. The molecule has 3 rings (SSSR count).